The standard InChI is InChI=1S/C16H23N/c1-12-6-5-9-15-14(10-11-17-16(12)15)13-7-3-2-4-8-13/h5-6,9,13-14,17H,2-4,7-8,10-11H2,1H3. The summed E-state index contributed by atoms with van der Waals surface area (Å²) in [6.45, 7) is 3.40. The van der Waals surface area contributed by atoms with Crippen molar-refractivity contribution in [3.63, 3.8) is 0 Å². The summed E-state index contributed by atoms with van der Waals surface area (Å²) in [4.78, 5) is 0. The maximum Gasteiger partial charge on any atom is 0.0405 e. The number of rotatable bonds is 1. The van der Waals surface area contributed by atoms with E-state index in [0.717, 1.165) is 11.8 Å². The summed E-state index contributed by atoms with van der Waals surface area (Å²) in [7, 11) is 0. The fraction of sp³-hybridized carbons (Fsp3) is 0.625. The number of nitrogens with one attached hydrogen (secondary N) is 1. The zero-order valence-corrected chi connectivity index (χ0v) is 10.8. The van der Waals surface area contributed by atoms with Crippen LogP contribution >= 0.6 is 0 Å². The average Bonchev–Trinajstić information content (AvgIpc) is 2.40. The van der Waals surface area contributed by atoms with Crippen molar-refractivity contribution in [2.75, 3.05) is 11.9 Å². The van der Waals surface area contributed by atoms with E-state index in [-0.39, 0.29) is 0 Å². The minimum absolute atomic E-state index is 0.825. The quantitative estimate of drug-likeness (QED) is 0.749. The van der Waals surface area contributed by atoms with Crippen LogP contribution in [0.5, 0.6) is 0 Å². The van der Waals surface area contributed by atoms with Crippen LogP contribution in [0.2, 0.25) is 0 Å². The van der Waals surface area contributed by atoms with E-state index in [9.17, 15) is 0 Å². The van der Waals surface area contributed by atoms with Crippen molar-refractivity contribution in [2.45, 2.75) is 51.4 Å². The van der Waals surface area contributed by atoms with Gasteiger partial charge in [0.25, 0.3) is 0 Å². The molecule has 0 amide bonds. The number of anilines is 1. The van der Waals surface area contributed by atoms with Crippen LogP contribution in [0.15, 0.2) is 18.2 Å². The predicted molar refractivity (Wildman–Crippen MR) is 73.6 cm³/mol. The Hall–Kier alpha value is -0.980. The summed E-state index contributed by atoms with van der Waals surface area (Å²) < 4.78 is 0. The molecule has 1 aliphatic heterocycles. The van der Waals surface area contributed by atoms with E-state index < -0.39 is 0 Å². The Morgan fingerprint density at radius 1 is 1.06 bits per heavy atom. The van der Waals surface area contributed by atoms with Crippen LogP contribution in [-0.2, 0) is 0 Å². The van der Waals surface area contributed by atoms with E-state index in [1.807, 2.05) is 0 Å². The molecule has 1 nitrogen and oxygen atoms in total. The Labute approximate surface area is 105 Å². The average molecular weight is 229 g/mol. The van der Waals surface area contributed by atoms with Crippen molar-refractivity contribution < 1.29 is 0 Å². The van der Waals surface area contributed by atoms with Gasteiger partial charge in [-0.3, -0.25) is 0 Å². The molecule has 1 heteroatoms. The molecule has 0 bridgehead atoms. The Balaban J connectivity index is 1.90. The summed E-state index contributed by atoms with van der Waals surface area (Å²) in [6.07, 6.45) is 8.62. The van der Waals surface area contributed by atoms with Crippen molar-refractivity contribution in [3.05, 3.63) is 29.3 Å². The molecular weight excluding hydrogens is 206 g/mol. The molecule has 92 valence electrons. The van der Waals surface area contributed by atoms with Gasteiger partial charge in [-0.1, -0.05) is 37.5 Å². The Kier molecular flexibility index (Phi) is 3.09. The largest absolute Gasteiger partial charge is 0.385 e. The molecule has 1 atom stereocenters. The molecule has 2 aliphatic rings. The maximum atomic E-state index is 3.60. The van der Waals surface area contributed by atoms with E-state index >= 15 is 0 Å². The van der Waals surface area contributed by atoms with Gasteiger partial charge in [0, 0.05) is 12.2 Å². The summed E-state index contributed by atoms with van der Waals surface area (Å²) in [6, 6.07) is 6.82. The van der Waals surface area contributed by atoms with E-state index in [1.165, 1.54) is 56.3 Å². The smallest absolute Gasteiger partial charge is 0.0405 e. The molecule has 0 radical (unpaired) electrons. The lowest BCUT2D eigenvalue weighted by Crippen LogP contribution is -2.24. The third-order valence-corrected chi connectivity index (χ3v) is 4.68. The number of hydrogen-bond acceptors (Lipinski definition) is 1. The molecular formula is C16H23N. The molecule has 1 unspecified atom stereocenters. The van der Waals surface area contributed by atoms with Gasteiger partial charge in [0.15, 0.2) is 0 Å². The first-order chi connectivity index (χ1) is 8.36. The molecule has 1 saturated carbocycles. The predicted octanol–water partition coefficient (Wildman–Crippen LogP) is 4.47. The maximum absolute atomic E-state index is 3.60. The topological polar surface area (TPSA) is 12.0 Å². The second-order valence-corrected chi connectivity index (χ2v) is 5.76. The van der Waals surface area contributed by atoms with Gasteiger partial charge in [0.1, 0.15) is 0 Å². The SMILES string of the molecule is Cc1cccc2c1NCCC2C1CCCCC1. The van der Waals surface area contributed by atoms with Gasteiger partial charge in [-0.05, 0) is 49.1 Å². The Morgan fingerprint density at radius 3 is 2.71 bits per heavy atom. The van der Waals surface area contributed by atoms with Crippen molar-refractivity contribution in [3.8, 4) is 0 Å². The van der Waals surface area contributed by atoms with E-state index in [4.69, 9.17) is 0 Å². The van der Waals surface area contributed by atoms with Gasteiger partial charge >= 0.3 is 0 Å². The lowest BCUT2D eigenvalue weighted by atomic mass is 9.73. The number of benzene rings is 1. The highest BCUT2D eigenvalue weighted by Crippen LogP contribution is 2.43. The molecule has 3 rings (SSSR count). The Morgan fingerprint density at radius 2 is 1.88 bits per heavy atom. The molecule has 17 heavy (non-hydrogen) atoms. The molecule has 0 saturated heterocycles. The monoisotopic (exact) mass is 229 g/mol. The van der Waals surface area contributed by atoms with Gasteiger partial charge in [-0.25, -0.2) is 0 Å². The normalized spacial score (nSPS) is 25.1. The van der Waals surface area contributed by atoms with Gasteiger partial charge in [0.2, 0.25) is 0 Å². The minimum atomic E-state index is 0.825. The van der Waals surface area contributed by atoms with E-state index in [1.54, 1.807) is 5.56 Å². The fourth-order valence-electron chi connectivity index (χ4n) is 3.78. The van der Waals surface area contributed by atoms with Crippen LogP contribution in [0.4, 0.5) is 5.69 Å². The zero-order valence-electron chi connectivity index (χ0n) is 10.8. The summed E-state index contributed by atoms with van der Waals surface area (Å²) in [5.74, 6) is 1.78. The number of hydrogen-bond donors (Lipinski definition) is 1. The Bertz CT molecular complexity index is 391. The van der Waals surface area contributed by atoms with Crippen LogP contribution in [0.25, 0.3) is 0 Å². The fourth-order valence-corrected chi connectivity index (χ4v) is 3.78. The first-order valence-corrected chi connectivity index (χ1v) is 7.19. The zero-order chi connectivity index (χ0) is 11.7. The van der Waals surface area contributed by atoms with Crippen molar-refractivity contribution >= 4 is 5.69 Å². The van der Waals surface area contributed by atoms with Gasteiger partial charge in [-0.15, -0.1) is 0 Å². The van der Waals surface area contributed by atoms with Gasteiger partial charge in [-0.2, -0.15) is 0 Å². The molecule has 0 spiro atoms. The third-order valence-electron chi connectivity index (χ3n) is 4.68. The van der Waals surface area contributed by atoms with E-state index in [0.29, 0.717) is 0 Å². The minimum Gasteiger partial charge on any atom is -0.385 e. The lowest BCUT2D eigenvalue weighted by molar-refractivity contribution is 0.294. The van der Waals surface area contributed by atoms with Crippen LogP contribution < -0.4 is 5.32 Å². The second-order valence-electron chi connectivity index (χ2n) is 5.76. The highest BCUT2D eigenvalue weighted by Gasteiger charge is 2.29. The summed E-state index contributed by atoms with van der Waals surface area (Å²) in [5.41, 5.74) is 4.46. The molecule has 1 heterocycles. The molecule has 1 aromatic rings. The summed E-state index contributed by atoms with van der Waals surface area (Å²) in [5, 5.41) is 3.60. The number of aryl methyl sites for hydroxylation is 1. The molecule has 0 aromatic heterocycles. The van der Waals surface area contributed by atoms with Crippen LogP contribution in [-0.4, -0.2) is 6.54 Å². The highest BCUT2D eigenvalue weighted by atomic mass is 14.9. The van der Waals surface area contributed by atoms with Crippen LogP contribution in [0, 0.1) is 12.8 Å². The highest BCUT2D eigenvalue weighted by molar-refractivity contribution is 5.60. The summed E-state index contributed by atoms with van der Waals surface area (Å²) >= 11 is 0. The van der Waals surface area contributed by atoms with Crippen LogP contribution in [0.3, 0.4) is 0 Å². The van der Waals surface area contributed by atoms with Crippen molar-refractivity contribution in [1.82, 2.24) is 0 Å². The van der Waals surface area contributed by atoms with E-state index in [2.05, 4.69) is 30.4 Å². The van der Waals surface area contributed by atoms with Crippen molar-refractivity contribution in [2.24, 2.45) is 5.92 Å². The van der Waals surface area contributed by atoms with Gasteiger partial charge in [0.05, 0.1) is 0 Å². The number of fused-ring (bicyclic) bond motifs is 1. The molecule has 1 aromatic carbocycles. The molecule has 1 N–H and O–H groups in total. The molecule has 1 aliphatic carbocycles. The van der Waals surface area contributed by atoms with Gasteiger partial charge < -0.3 is 5.32 Å². The third kappa shape index (κ3) is 2.08. The van der Waals surface area contributed by atoms with Crippen LogP contribution in [0.1, 0.15) is 55.6 Å². The van der Waals surface area contributed by atoms with Crippen molar-refractivity contribution in [1.29, 1.82) is 0 Å². The lowest BCUT2D eigenvalue weighted by Gasteiger charge is -2.35. The second kappa shape index (κ2) is 4.72. The number of para-hydroxylation sites is 1. The molecule has 1 fully saturated rings. The first-order valence-electron chi connectivity index (χ1n) is 7.19. The first kappa shape index (κ1) is 11.1.